The molecule has 0 saturated carbocycles. The minimum absolute atomic E-state index is 0.444. The number of hydrogen-bond acceptors (Lipinski definition) is 3. The van der Waals surface area contributed by atoms with E-state index in [1.165, 1.54) is 0 Å². The monoisotopic (exact) mass is 244 g/mol. The normalized spacial score (nSPS) is 13.3. The molecule has 1 N–H and O–H groups in total. The van der Waals surface area contributed by atoms with Crippen molar-refractivity contribution in [2.24, 2.45) is 5.92 Å². The first-order valence-corrected chi connectivity index (χ1v) is 6.38. The van der Waals surface area contributed by atoms with Crippen LogP contribution >= 0.6 is 11.6 Å². The Morgan fingerprint density at radius 2 is 2.25 bits per heavy atom. The Bertz CT molecular complexity index is 298. The van der Waals surface area contributed by atoms with Gasteiger partial charge in [-0.2, -0.15) is 5.10 Å². The smallest absolute Gasteiger partial charge is 0.140 e. The SMILES string of the molecule is CCn1ncnc1CNC(CCCl)C(C)C. The molecule has 1 heterocycles. The molecular weight excluding hydrogens is 224 g/mol. The van der Waals surface area contributed by atoms with Crippen molar-refractivity contribution in [1.29, 1.82) is 0 Å². The molecule has 0 aliphatic carbocycles. The zero-order valence-corrected chi connectivity index (χ0v) is 11.0. The summed E-state index contributed by atoms with van der Waals surface area (Å²) in [5.41, 5.74) is 0. The third kappa shape index (κ3) is 3.76. The number of rotatable bonds is 7. The lowest BCUT2D eigenvalue weighted by atomic mass is 10.0. The quantitative estimate of drug-likeness (QED) is 0.747. The Kier molecular flexibility index (Phi) is 5.77. The van der Waals surface area contributed by atoms with Gasteiger partial charge in [0.2, 0.25) is 0 Å². The molecule has 5 heteroatoms. The number of aryl methyl sites for hydroxylation is 1. The second-order valence-corrected chi connectivity index (χ2v) is 4.58. The number of halogens is 1. The van der Waals surface area contributed by atoms with Crippen LogP contribution in [0.2, 0.25) is 0 Å². The molecule has 1 aromatic rings. The van der Waals surface area contributed by atoms with E-state index in [1.807, 2.05) is 4.68 Å². The molecule has 0 fully saturated rings. The van der Waals surface area contributed by atoms with E-state index in [0.717, 1.165) is 25.3 Å². The molecule has 0 radical (unpaired) electrons. The molecule has 0 amide bonds. The predicted molar refractivity (Wildman–Crippen MR) is 66.5 cm³/mol. The summed E-state index contributed by atoms with van der Waals surface area (Å²) in [4.78, 5) is 4.23. The lowest BCUT2D eigenvalue weighted by molar-refractivity contribution is 0.380. The Labute approximate surface area is 102 Å². The molecule has 1 aromatic heterocycles. The Hall–Kier alpha value is -0.610. The van der Waals surface area contributed by atoms with Crippen LogP contribution in [0.3, 0.4) is 0 Å². The molecule has 92 valence electrons. The highest BCUT2D eigenvalue weighted by molar-refractivity contribution is 6.17. The number of hydrogen-bond donors (Lipinski definition) is 1. The largest absolute Gasteiger partial charge is 0.307 e. The maximum absolute atomic E-state index is 5.79. The van der Waals surface area contributed by atoms with Gasteiger partial charge in [-0.25, -0.2) is 9.67 Å². The second kappa shape index (κ2) is 6.86. The molecule has 1 atom stereocenters. The summed E-state index contributed by atoms with van der Waals surface area (Å²) < 4.78 is 1.91. The molecule has 1 unspecified atom stereocenters. The van der Waals surface area contributed by atoms with Gasteiger partial charge in [-0.05, 0) is 19.3 Å². The average Bonchev–Trinajstić information content (AvgIpc) is 2.71. The van der Waals surface area contributed by atoms with Crippen LogP contribution in [0.5, 0.6) is 0 Å². The van der Waals surface area contributed by atoms with Gasteiger partial charge in [0, 0.05) is 18.5 Å². The summed E-state index contributed by atoms with van der Waals surface area (Å²) >= 11 is 5.79. The Balaban J connectivity index is 2.48. The number of nitrogens with one attached hydrogen (secondary N) is 1. The van der Waals surface area contributed by atoms with Gasteiger partial charge in [0.05, 0.1) is 6.54 Å². The first-order chi connectivity index (χ1) is 7.69. The van der Waals surface area contributed by atoms with Crippen molar-refractivity contribution in [3.63, 3.8) is 0 Å². The van der Waals surface area contributed by atoms with E-state index >= 15 is 0 Å². The van der Waals surface area contributed by atoms with E-state index in [2.05, 4.69) is 36.2 Å². The van der Waals surface area contributed by atoms with Gasteiger partial charge in [-0.3, -0.25) is 0 Å². The van der Waals surface area contributed by atoms with Gasteiger partial charge < -0.3 is 5.32 Å². The van der Waals surface area contributed by atoms with Gasteiger partial charge in [-0.1, -0.05) is 13.8 Å². The van der Waals surface area contributed by atoms with Crippen molar-refractivity contribution in [3.8, 4) is 0 Å². The van der Waals surface area contributed by atoms with Gasteiger partial charge in [0.15, 0.2) is 0 Å². The van der Waals surface area contributed by atoms with Gasteiger partial charge >= 0.3 is 0 Å². The van der Waals surface area contributed by atoms with Crippen molar-refractivity contribution in [3.05, 3.63) is 12.2 Å². The fourth-order valence-electron chi connectivity index (χ4n) is 1.70. The second-order valence-electron chi connectivity index (χ2n) is 4.20. The molecular formula is C11H21ClN4. The summed E-state index contributed by atoms with van der Waals surface area (Å²) in [5, 5.41) is 7.63. The van der Waals surface area contributed by atoms with Crippen molar-refractivity contribution < 1.29 is 0 Å². The zero-order valence-electron chi connectivity index (χ0n) is 10.3. The highest BCUT2D eigenvalue weighted by atomic mass is 35.5. The molecule has 16 heavy (non-hydrogen) atoms. The summed E-state index contributed by atoms with van der Waals surface area (Å²) in [6, 6.07) is 0.444. The fourth-order valence-corrected chi connectivity index (χ4v) is 1.94. The molecule has 0 saturated heterocycles. The van der Waals surface area contributed by atoms with Crippen LogP contribution in [0.1, 0.15) is 33.0 Å². The maximum atomic E-state index is 5.79. The highest BCUT2D eigenvalue weighted by Crippen LogP contribution is 2.08. The van der Waals surface area contributed by atoms with E-state index in [0.29, 0.717) is 17.8 Å². The summed E-state index contributed by atoms with van der Waals surface area (Å²) in [6.45, 7) is 8.09. The summed E-state index contributed by atoms with van der Waals surface area (Å²) in [5.74, 6) is 2.26. The molecule has 0 aliphatic rings. The third-order valence-electron chi connectivity index (χ3n) is 2.74. The topological polar surface area (TPSA) is 42.7 Å². The molecule has 1 rings (SSSR count). The average molecular weight is 245 g/mol. The Morgan fingerprint density at radius 1 is 1.50 bits per heavy atom. The third-order valence-corrected chi connectivity index (χ3v) is 2.96. The van der Waals surface area contributed by atoms with E-state index in [1.54, 1.807) is 6.33 Å². The van der Waals surface area contributed by atoms with Crippen LogP contribution in [0, 0.1) is 5.92 Å². The summed E-state index contributed by atoms with van der Waals surface area (Å²) in [7, 11) is 0. The standard InChI is InChI=1S/C11H21ClN4/c1-4-16-11(14-8-15-16)7-13-10(5-6-12)9(2)3/h8-10,13H,4-7H2,1-3H3. The first kappa shape index (κ1) is 13.5. The van der Waals surface area contributed by atoms with Crippen LogP contribution in [-0.4, -0.2) is 26.7 Å². The lowest BCUT2D eigenvalue weighted by Crippen LogP contribution is -2.34. The predicted octanol–water partition coefficient (Wildman–Crippen LogP) is 2.04. The zero-order chi connectivity index (χ0) is 12.0. The minimum Gasteiger partial charge on any atom is -0.307 e. The summed E-state index contributed by atoms with van der Waals surface area (Å²) in [6.07, 6.45) is 2.59. The van der Waals surface area contributed by atoms with E-state index in [4.69, 9.17) is 11.6 Å². The van der Waals surface area contributed by atoms with Crippen molar-refractivity contribution in [1.82, 2.24) is 20.1 Å². The fraction of sp³-hybridized carbons (Fsp3) is 0.818. The molecule has 0 spiro atoms. The lowest BCUT2D eigenvalue weighted by Gasteiger charge is -2.21. The molecule has 0 bridgehead atoms. The first-order valence-electron chi connectivity index (χ1n) is 5.85. The number of aromatic nitrogens is 3. The highest BCUT2D eigenvalue weighted by Gasteiger charge is 2.13. The van der Waals surface area contributed by atoms with Crippen LogP contribution in [0.25, 0.3) is 0 Å². The Morgan fingerprint density at radius 3 is 2.81 bits per heavy atom. The molecule has 0 aromatic carbocycles. The van der Waals surface area contributed by atoms with Crippen LogP contribution < -0.4 is 5.32 Å². The van der Waals surface area contributed by atoms with E-state index < -0.39 is 0 Å². The van der Waals surface area contributed by atoms with Gasteiger partial charge in [0.1, 0.15) is 12.2 Å². The van der Waals surface area contributed by atoms with Crippen molar-refractivity contribution in [2.75, 3.05) is 5.88 Å². The number of nitrogens with zero attached hydrogens (tertiary/aromatic N) is 3. The minimum atomic E-state index is 0.444. The number of alkyl halides is 1. The van der Waals surface area contributed by atoms with Crippen LogP contribution in [-0.2, 0) is 13.1 Å². The maximum Gasteiger partial charge on any atom is 0.140 e. The van der Waals surface area contributed by atoms with Gasteiger partial charge in [0.25, 0.3) is 0 Å². The molecule has 0 aliphatic heterocycles. The van der Waals surface area contributed by atoms with Crippen LogP contribution in [0.15, 0.2) is 6.33 Å². The molecule has 4 nitrogen and oxygen atoms in total. The van der Waals surface area contributed by atoms with E-state index in [9.17, 15) is 0 Å². The van der Waals surface area contributed by atoms with Gasteiger partial charge in [-0.15, -0.1) is 11.6 Å². The van der Waals surface area contributed by atoms with Crippen LogP contribution in [0.4, 0.5) is 0 Å². The van der Waals surface area contributed by atoms with Crippen molar-refractivity contribution >= 4 is 11.6 Å². The van der Waals surface area contributed by atoms with E-state index in [-0.39, 0.29) is 0 Å². The van der Waals surface area contributed by atoms with Crippen molar-refractivity contribution in [2.45, 2.75) is 46.3 Å².